The van der Waals surface area contributed by atoms with E-state index >= 15 is 0 Å². The number of carbonyl (C=O) groups is 1. The van der Waals surface area contributed by atoms with Crippen molar-refractivity contribution in [1.29, 1.82) is 5.26 Å². The summed E-state index contributed by atoms with van der Waals surface area (Å²) in [5.74, 6) is 1.11. The van der Waals surface area contributed by atoms with E-state index in [0.29, 0.717) is 33.0 Å². The number of methoxy groups -OCH3 is 1. The lowest BCUT2D eigenvalue weighted by Crippen LogP contribution is -2.41. The summed E-state index contributed by atoms with van der Waals surface area (Å²) in [5.41, 5.74) is 1.60. The van der Waals surface area contributed by atoms with Gasteiger partial charge in [-0.05, 0) is 60.2 Å². The van der Waals surface area contributed by atoms with Crippen molar-refractivity contribution in [2.75, 3.05) is 7.11 Å². The van der Waals surface area contributed by atoms with Crippen LogP contribution in [0.5, 0.6) is 11.5 Å². The molecule has 2 atom stereocenters. The number of amides is 1. The molecule has 168 valence electrons. The molecule has 2 aromatic carbocycles. The Kier molecular flexibility index (Phi) is 8.44. The van der Waals surface area contributed by atoms with E-state index in [1.807, 2.05) is 12.1 Å². The van der Waals surface area contributed by atoms with Crippen LogP contribution in [0, 0.1) is 17.2 Å². The first-order valence-corrected chi connectivity index (χ1v) is 11.3. The number of ether oxygens (including phenoxy) is 2. The molecule has 0 unspecified atom stereocenters. The fraction of sp³-hybridized carbons (Fsp3) is 0.360. The van der Waals surface area contributed by atoms with Crippen molar-refractivity contribution in [2.45, 2.75) is 45.3 Å². The molecule has 32 heavy (non-hydrogen) atoms. The van der Waals surface area contributed by atoms with Crippen LogP contribution in [0.15, 0.2) is 42.0 Å². The van der Waals surface area contributed by atoms with Crippen LogP contribution in [0.25, 0.3) is 6.08 Å². The lowest BCUT2D eigenvalue weighted by atomic mass is 9.86. The molecule has 1 N–H and O–H groups in total. The lowest BCUT2D eigenvalue weighted by molar-refractivity contribution is -0.118. The van der Waals surface area contributed by atoms with Crippen LogP contribution in [0.1, 0.15) is 43.7 Å². The summed E-state index contributed by atoms with van der Waals surface area (Å²) in [6.07, 6.45) is 5.89. The van der Waals surface area contributed by atoms with Crippen LogP contribution in [0.2, 0.25) is 10.0 Å². The normalized spacial score (nSPS) is 18.5. The molecule has 0 aliphatic heterocycles. The van der Waals surface area contributed by atoms with E-state index in [2.05, 4.69) is 12.2 Å². The van der Waals surface area contributed by atoms with E-state index in [9.17, 15) is 10.1 Å². The largest absolute Gasteiger partial charge is 0.493 e. The highest BCUT2D eigenvalue weighted by Crippen LogP contribution is 2.31. The number of rotatable bonds is 7. The molecule has 1 aliphatic rings. The summed E-state index contributed by atoms with van der Waals surface area (Å²) in [5, 5.41) is 13.5. The van der Waals surface area contributed by atoms with Crippen molar-refractivity contribution in [2.24, 2.45) is 5.92 Å². The first-order valence-electron chi connectivity index (χ1n) is 10.6. The SMILES string of the molecule is COc1cc(/C=C(\C#N)C(=O)N[C@@H]2CCCC[C@@H]2C)ccc1OCc1ccc(Cl)c(Cl)c1. The van der Waals surface area contributed by atoms with Crippen LogP contribution in [-0.4, -0.2) is 19.1 Å². The molecule has 2 aromatic rings. The predicted octanol–water partition coefficient (Wildman–Crippen LogP) is 6.18. The number of hydrogen-bond acceptors (Lipinski definition) is 4. The van der Waals surface area contributed by atoms with E-state index in [4.69, 9.17) is 32.7 Å². The number of hydrogen-bond donors (Lipinski definition) is 1. The molecular weight excluding hydrogens is 447 g/mol. The van der Waals surface area contributed by atoms with Gasteiger partial charge < -0.3 is 14.8 Å². The van der Waals surface area contributed by atoms with Gasteiger partial charge in [0.15, 0.2) is 11.5 Å². The Labute approximate surface area is 198 Å². The number of carbonyl (C=O) groups excluding carboxylic acids is 1. The minimum absolute atomic E-state index is 0.0642. The molecule has 0 aromatic heterocycles. The Bertz CT molecular complexity index is 1050. The summed E-state index contributed by atoms with van der Waals surface area (Å²) >= 11 is 12.0. The van der Waals surface area contributed by atoms with Gasteiger partial charge in [-0.15, -0.1) is 0 Å². The molecule has 0 heterocycles. The Hall–Kier alpha value is -2.68. The number of halogens is 2. The fourth-order valence-corrected chi connectivity index (χ4v) is 4.10. The van der Waals surface area contributed by atoms with Gasteiger partial charge >= 0.3 is 0 Å². The van der Waals surface area contributed by atoms with E-state index in [-0.39, 0.29) is 24.1 Å². The number of nitrogens with one attached hydrogen (secondary N) is 1. The third-order valence-electron chi connectivity index (χ3n) is 5.67. The van der Waals surface area contributed by atoms with Crippen LogP contribution < -0.4 is 14.8 Å². The second-order valence-electron chi connectivity index (χ2n) is 7.96. The quantitative estimate of drug-likeness (QED) is 0.385. The van der Waals surface area contributed by atoms with Gasteiger partial charge in [0.25, 0.3) is 5.91 Å². The molecule has 1 aliphatic carbocycles. The monoisotopic (exact) mass is 472 g/mol. The third kappa shape index (κ3) is 6.18. The van der Waals surface area contributed by atoms with Crippen molar-refractivity contribution in [1.82, 2.24) is 5.32 Å². The highest BCUT2D eigenvalue weighted by Gasteiger charge is 2.24. The van der Waals surface area contributed by atoms with Gasteiger partial charge in [-0.2, -0.15) is 5.26 Å². The molecule has 7 heteroatoms. The summed E-state index contributed by atoms with van der Waals surface area (Å²) in [6.45, 7) is 2.43. The Morgan fingerprint density at radius 2 is 1.94 bits per heavy atom. The van der Waals surface area contributed by atoms with Gasteiger partial charge in [0.05, 0.1) is 17.2 Å². The van der Waals surface area contributed by atoms with Crippen molar-refractivity contribution in [3.05, 3.63) is 63.1 Å². The molecule has 3 rings (SSSR count). The maximum Gasteiger partial charge on any atom is 0.262 e. The summed E-state index contributed by atoms with van der Waals surface area (Å²) < 4.78 is 11.3. The molecule has 1 fully saturated rings. The Morgan fingerprint density at radius 3 is 2.62 bits per heavy atom. The lowest BCUT2D eigenvalue weighted by Gasteiger charge is -2.29. The molecule has 0 spiro atoms. The minimum atomic E-state index is -0.342. The zero-order chi connectivity index (χ0) is 23.1. The number of nitriles is 1. The van der Waals surface area contributed by atoms with Crippen LogP contribution >= 0.6 is 23.2 Å². The topological polar surface area (TPSA) is 71.3 Å². The van der Waals surface area contributed by atoms with Gasteiger partial charge in [-0.1, -0.05) is 55.1 Å². The Balaban J connectivity index is 1.71. The average Bonchev–Trinajstić information content (AvgIpc) is 2.80. The fourth-order valence-electron chi connectivity index (χ4n) is 3.78. The van der Waals surface area contributed by atoms with Crippen molar-refractivity contribution in [3.63, 3.8) is 0 Å². The highest BCUT2D eigenvalue weighted by atomic mass is 35.5. The molecule has 0 bridgehead atoms. The number of benzene rings is 2. The summed E-state index contributed by atoms with van der Waals surface area (Å²) in [4.78, 5) is 12.6. The second-order valence-corrected chi connectivity index (χ2v) is 8.77. The maximum absolute atomic E-state index is 12.6. The first kappa shape index (κ1) is 24.0. The van der Waals surface area contributed by atoms with E-state index in [1.54, 1.807) is 36.4 Å². The van der Waals surface area contributed by atoms with Gasteiger partial charge in [0.2, 0.25) is 0 Å². The van der Waals surface area contributed by atoms with Crippen LogP contribution in [-0.2, 0) is 11.4 Å². The zero-order valence-electron chi connectivity index (χ0n) is 18.2. The highest BCUT2D eigenvalue weighted by molar-refractivity contribution is 6.42. The maximum atomic E-state index is 12.6. The molecule has 5 nitrogen and oxygen atoms in total. The molecule has 0 saturated heterocycles. The second kappa shape index (κ2) is 11.3. The molecule has 1 saturated carbocycles. The first-order chi connectivity index (χ1) is 15.4. The van der Waals surface area contributed by atoms with Crippen LogP contribution in [0.4, 0.5) is 0 Å². The average molecular weight is 473 g/mol. The standard InChI is InChI=1S/C25H26Cl2N2O3/c1-16-5-3-4-6-22(16)29-25(30)19(14-28)11-17-8-10-23(24(13-17)31-2)32-15-18-7-9-20(26)21(27)12-18/h7-13,16,22H,3-6,15H2,1-2H3,(H,29,30)/b19-11+/t16-,22+/m0/s1. The van der Waals surface area contributed by atoms with Gasteiger partial charge in [0.1, 0.15) is 18.2 Å². The van der Waals surface area contributed by atoms with Gasteiger partial charge in [-0.3, -0.25) is 4.79 Å². The van der Waals surface area contributed by atoms with Crippen molar-refractivity contribution < 1.29 is 14.3 Å². The molecular formula is C25H26Cl2N2O3. The third-order valence-corrected chi connectivity index (χ3v) is 6.41. The van der Waals surface area contributed by atoms with Gasteiger partial charge in [-0.25, -0.2) is 0 Å². The minimum Gasteiger partial charge on any atom is -0.493 e. The van der Waals surface area contributed by atoms with E-state index < -0.39 is 0 Å². The number of nitrogens with zero attached hydrogens (tertiary/aromatic N) is 1. The summed E-state index contributed by atoms with van der Waals surface area (Å²) in [6, 6.07) is 12.7. The summed E-state index contributed by atoms with van der Waals surface area (Å²) in [7, 11) is 1.54. The van der Waals surface area contributed by atoms with Gasteiger partial charge in [0, 0.05) is 6.04 Å². The smallest absolute Gasteiger partial charge is 0.262 e. The predicted molar refractivity (Wildman–Crippen MR) is 127 cm³/mol. The van der Waals surface area contributed by atoms with Crippen molar-refractivity contribution >= 4 is 35.2 Å². The molecule has 1 amide bonds. The molecule has 0 radical (unpaired) electrons. The zero-order valence-corrected chi connectivity index (χ0v) is 19.7. The van der Waals surface area contributed by atoms with Crippen molar-refractivity contribution in [3.8, 4) is 17.6 Å². The van der Waals surface area contributed by atoms with E-state index in [0.717, 1.165) is 24.8 Å². The van der Waals surface area contributed by atoms with E-state index in [1.165, 1.54) is 13.5 Å². The Morgan fingerprint density at radius 1 is 1.16 bits per heavy atom. The van der Waals surface area contributed by atoms with Crippen LogP contribution in [0.3, 0.4) is 0 Å².